The van der Waals surface area contributed by atoms with E-state index < -0.39 is 0 Å². The van der Waals surface area contributed by atoms with Crippen molar-refractivity contribution < 1.29 is 4.79 Å². The van der Waals surface area contributed by atoms with Crippen LogP contribution in [0.25, 0.3) is 0 Å². The average molecular weight is 260 g/mol. The predicted octanol–water partition coefficient (Wildman–Crippen LogP) is 3.03. The molecule has 1 amide bonds. The van der Waals surface area contributed by atoms with Crippen LogP contribution in [-0.2, 0) is 11.2 Å². The van der Waals surface area contributed by atoms with Gasteiger partial charge < -0.3 is 10.6 Å². The number of anilines is 1. The molecule has 3 heteroatoms. The van der Waals surface area contributed by atoms with Crippen LogP contribution < -0.4 is 10.6 Å². The first kappa shape index (κ1) is 14.1. The SMILES string of the molecule is CCC(CC)C(N)c1ccc2c(c1)CCC(=O)N2C. The number of hydrogen-bond donors (Lipinski definition) is 1. The normalized spacial score (nSPS) is 16.7. The van der Waals surface area contributed by atoms with Crippen LogP contribution >= 0.6 is 0 Å². The zero-order valence-corrected chi connectivity index (χ0v) is 12.1. The van der Waals surface area contributed by atoms with Gasteiger partial charge in [0, 0.05) is 25.2 Å². The summed E-state index contributed by atoms with van der Waals surface area (Å²) in [5.74, 6) is 0.727. The summed E-state index contributed by atoms with van der Waals surface area (Å²) in [5.41, 5.74) is 9.87. The number of amides is 1. The van der Waals surface area contributed by atoms with E-state index in [0.29, 0.717) is 12.3 Å². The first-order chi connectivity index (χ1) is 9.08. The molecule has 0 saturated carbocycles. The maximum atomic E-state index is 11.7. The van der Waals surface area contributed by atoms with Gasteiger partial charge in [-0.3, -0.25) is 4.79 Å². The zero-order chi connectivity index (χ0) is 14.0. The fraction of sp³-hybridized carbons (Fsp3) is 0.562. The van der Waals surface area contributed by atoms with E-state index in [9.17, 15) is 4.79 Å². The second kappa shape index (κ2) is 5.74. The summed E-state index contributed by atoms with van der Waals surface area (Å²) in [6, 6.07) is 6.42. The Bertz CT molecular complexity index is 466. The third-order valence-electron chi connectivity index (χ3n) is 4.39. The van der Waals surface area contributed by atoms with E-state index in [4.69, 9.17) is 5.73 Å². The molecule has 0 fully saturated rings. The largest absolute Gasteiger partial charge is 0.324 e. The Labute approximate surface area is 115 Å². The number of rotatable bonds is 4. The van der Waals surface area contributed by atoms with Crippen molar-refractivity contribution in [3.8, 4) is 0 Å². The van der Waals surface area contributed by atoms with Gasteiger partial charge in [0.05, 0.1) is 0 Å². The number of aryl methyl sites for hydroxylation is 1. The Hall–Kier alpha value is -1.35. The molecule has 1 unspecified atom stereocenters. The van der Waals surface area contributed by atoms with Gasteiger partial charge in [0.25, 0.3) is 0 Å². The lowest BCUT2D eigenvalue weighted by Gasteiger charge is -2.28. The first-order valence-electron chi connectivity index (χ1n) is 7.23. The summed E-state index contributed by atoms with van der Waals surface area (Å²) in [6.07, 6.45) is 3.65. The summed E-state index contributed by atoms with van der Waals surface area (Å²) < 4.78 is 0. The fourth-order valence-electron chi connectivity index (χ4n) is 2.95. The van der Waals surface area contributed by atoms with E-state index in [1.807, 2.05) is 13.1 Å². The van der Waals surface area contributed by atoms with Crippen molar-refractivity contribution in [2.24, 2.45) is 11.7 Å². The molecule has 1 aliphatic rings. The van der Waals surface area contributed by atoms with Crippen LogP contribution in [-0.4, -0.2) is 13.0 Å². The van der Waals surface area contributed by atoms with Gasteiger partial charge in [0.2, 0.25) is 5.91 Å². The monoisotopic (exact) mass is 260 g/mol. The molecular formula is C16H24N2O. The molecule has 0 aromatic heterocycles. The molecule has 1 atom stereocenters. The van der Waals surface area contributed by atoms with E-state index in [0.717, 1.165) is 24.9 Å². The van der Waals surface area contributed by atoms with Crippen LogP contribution in [0.5, 0.6) is 0 Å². The molecule has 19 heavy (non-hydrogen) atoms. The van der Waals surface area contributed by atoms with E-state index in [-0.39, 0.29) is 11.9 Å². The number of carbonyl (C=O) groups is 1. The van der Waals surface area contributed by atoms with Crippen molar-refractivity contribution >= 4 is 11.6 Å². The Balaban J connectivity index is 2.29. The van der Waals surface area contributed by atoms with Crippen molar-refractivity contribution in [1.82, 2.24) is 0 Å². The molecular weight excluding hydrogens is 236 g/mol. The summed E-state index contributed by atoms with van der Waals surface area (Å²) >= 11 is 0. The highest BCUT2D eigenvalue weighted by Gasteiger charge is 2.23. The smallest absolute Gasteiger partial charge is 0.227 e. The number of fused-ring (bicyclic) bond motifs is 1. The maximum Gasteiger partial charge on any atom is 0.227 e. The van der Waals surface area contributed by atoms with Crippen LogP contribution in [0.1, 0.15) is 50.3 Å². The molecule has 2 N–H and O–H groups in total. The molecule has 0 aliphatic carbocycles. The van der Waals surface area contributed by atoms with Crippen LogP contribution in [0.2, 0.25) is 0 Å². The van der Waals surface area contributed by atoms with Crippen molar-refractivity contribution in [2.45, 2.75) is 45.6 Å². The van der Waals surface area contributed by atoms with Gasteiger partial charge in [-0.25, -0.2) is 0 Å². The van der Waals surface area contributed by atoms with Gasteiger partial charge in [-0.15, -0.1) is 0 Å². The highest BCUT2D eigenvalue weighted by atomic mass is 16.2. The molecule has 1 heterocycles. The summed E-state index contributed by atoms with van der Waals surface area (Å²) in [7, 11) is 1.85. The number of nitrogens with two attached hydrogens (primary N) is 1. The first-order valence-corrected chi connectivity index (χ1v) is 7.23. The van der Waals surface area contributed by atoms with Gasteiger partial charge in [0.1, 0.15) is 0 Å². The summed E-state index contributed by atoms with van der Waals surface area (Å²) in [6.45, 7) is 4.39. The van der Waals surface area contributed by atoms with E-state index in [1.54, 1.807) is 4.90 Å². The highest BCUT2D eigenvalue weighted by molar-refractivity contribution is 5.95. The van der Waals surface area contributed by atoms with E-state index in [2.05, 4.69) is 26.0 Å². The molecule has 1 aromatic carbocycles. The molecule has 0 spiro atoms. The third-order valence-corrected chi connectivity index (χ3v) is 4.39. The van der Waals surface area contributed by atoms with Gasteiger partial charge in [0.15, 0.2) is 0 Å². The predicted molar refractivity (Wildman–Crippen MR) is 79.2 cm³/mol. The van der Waals surface area contributed by atoms with Crippen LogP contribution in [0.4, 0.5) is 5.69 Å². The minimum absolute atomic E-state index is 0.100. The molecule has 0 bridgehead atoms. The van der Waals surface area contributed by atoms with Crippen LogP contribution in [0.3, 0.4) is 0 Å². The molecule has 1 aliphatic heterocycles. The topological polar surface area (TPSA) is 46.3 Å². The van der Waals surface area contributed by atoms with Crippen LogP contribution in [0.15, 0.2) is 18.2 Å². The summed E-state index contributed by atoms with van der Waals surface area (Å²) in [5, 5.41) is 0. The number of nitrogens with zero attached hydrogens (tertiary/aromatic N) is 1. The Kier molecular flexibility index (Phi) is 4.25. The molecule has 104 valence electrons. The molecule has 2 rings (SSSR count). The second-order valence-electron chi connectivity index (χ2n) is 5.44. The van der Waals surface area contributed by atoms with E-state index >= 15 is 0 Å². The van der Waals surface area contributed by atoms with Crippen molar-refractivity contribution in [1.29, 1.82) is 0 Å². The number of carbonyl (C=O) groups excluding carboxylic acids is 1. The average Bonchev–Trinajstić information content (AvgIpc) is 2.44. The lowest BCUT2D eigenvalue weighted by atomic mass is 9.87. The lowest BCUT2D eigenvalue weighted by Crippen LogP contribution is -2.31. The quantitative estimate of drug-likeness (QED) is 0.904. The Morgan fingerprint density at radius 1 is 1.26 bits per heavy atom. The van der Waals surface area contributed by atoms with Crippen LogP contribution in [0, 0.1) is 5.92 Å². The molecule has 1 aromatic rings. The highest BCUT2D eigenvalue weighted by Crippen LogP contribution is 2.32. The Morgan fingerprint density at radius 3 is 2.58 bits per heavy atom. The lowest BCUT2D eigenvalue weighted by molar-refractivity contribution is -0.118. The van der Waals surface area contributed by atoms with Crippen molar-refractivity contribution in [3.63, 3.8) is 0 Å². The summed E-state index contributed by atoms with van der Waals surface area (Å²) in [4.78, 5) is 13.4. The van der Waals surface area contributed by atoms with Gasteiger partial charge in [-0.2, -0.15) is 0 Å². The maximum absolute atomic E-state index is 11.7. The molecule has 3 nitrogen and oxygen atoms in total. The Morgan fingerprint density at radius 2 is 1.95 bits per heavy atom. The minimum Gasteiger partial charge on any atom is -0.324 e. The standard InChI is InChI=1S/C16H24N2O/c1-4-11(5-2)16(17)13-6-8-14-12(10-13)7-9-15(19)18(14)3/h6,8,10-11,16H,4-5,7,9,17H2,1-3H3. The minimum atomic E-state index is 0.100. The van der Waals surface area contributed by atoms with Crippen molar-refractivity contribution in [2.75, 3.05) is 11.9 Å². The second-order valence-corrected chi connectivity index (χ2v) is 5.44. The van der Waals surface area contributed by atoms with Gasteiger partial charge >= 0.3 is 0 Å². The molecule has 0 saturated heterocycles. The van der Waals surface area contributed by atoms with Gasteiger partial charge in [-0.1, -0.05) is 38.8 Å². The van der Waals surface area contributed by atoms with Gasteiger partial charge in [-0.05, 0) is 29.5 Å². The van der Waals surface area contributed by atoms with Crippen molar-refractivity contribution in [3.05, 3.63) is 29.3 Å². The molecule has 0 radical (unpaired) electrons. The van der Waals surface area contributed by atoms with E-state index in [1.165, 1.54) is 11.1 Å². The zero-order valence-electron chi connectivity index (χ0n) is 12.1. The number of hydrogen-bond acceptors (Lipinski definition) is 2. The number of benzene rings is 1. The fourth-order valence-corrected chi connectivity index (χ4v) is 2.95. The third kappa shape index (κ3) is 2.66.